The summed E-state index contributed by atoms with van der Waals surface area (Å²) in [6.45, 7) is 11.7. The molecule has 0 aliphatic carbocycles. The molecule has 30 heavy (non-hydrogen) atoms. The van der Waals surface area contributed by atoms with Crippen molar-refractivity contribution in [1.29, 1.82) is 0 Å². The molecule has 0 fully saturated rings. The molecular formula is C23H28FN3OS2. The maximum atomic E-state index is 13.2. The van der Waals surface area contributed by atoms with Gasteiger partial charge in [-0.2, -0.15) is 0 Å². The Kier molecular flexibility index (Phi) is 7.86. The Morgan fingerprint density at radius 1 is 1.07 bits per heavy atom. The lowest BCUT2D eigenvalue weighted by Gasteiger charge is -2.24. The average molecular weight is 446 g/mol. The van der Waals surface area contributed by atoms with Crippen molar-refractivity contribution in [2.24, 2.45) is 0 Å². The van der Waals surface area contributed by atoms with Crippen LogP contribution in [0.1, 0.15) is 25.0 Å². The highest BCUT2D eigenvalue weighted by atomic mass is 32.2. The first-order valence-electron chi connectivity index (χ1n) is 10.2. The summed E-state index contributed by atoms with van der Waals surface area (Å²) in [6.07, 6.45) is 0. The number of carbonyl (C=O) groups is 1. The number of anilines is 1. The molecule has 0 bridgehead atoms. The minimum atomic E-state index is -0.272. The lowest BCUT2D eigenvalue weighted by atomic mass is 10.1. The molecule has 4 nitrogen and oxygen atoms in total. The van der Waals surface area contributed by atoms with Gasteiger partial charge in [-0.3, -0.25) is 9.69 Å². The fourth-order valence-corrected chi connectivity index (χ4v) is 5.03. The predicted molar refractivity (Wildman–Crippen MR) is 126 cm³/mol. The number of benzene rings is 2. The zero-order valence-corrected chi connectivity index (χ0v) is 19.6. The van der Waals surface area contributed by atoms with Crippen LogP contribution in [0.5, 0.6) is 0 Å². The minimum Gasteiger partial charge on any atom is -0.302 e. The smallest absolute Gasteiger partial charge is 0.239 e. The number of aromatic nitrogens is 1. The molecule has 0 aliphatic rings. The van der Waals surface area contributed by atoms with Gasteiger partial charge in [0.2, 0.25) is 5.91 Å². The van der Waals surface area contributed by atoms with Crippen molar-refractivity contribution in [2.45, 2.75) is 32.6 Å². The van der Waals surface area contributed by atoms with E-state index in [1.807, 2.05) is 4.90 Å². The lowest BCUT2D eigenvalue weighted by Crippen LogP contribution is -2.39. The Hall–Kier alpha value is -1.96. The Morgan fingerprint density at radius 3 is 2.43 bits per heavy atom. The number of hydrogen-bond donors (Lipinski definition) is 0. The highest BCUT2D eigenvalue weighted by Crippen LogP contribution is 2.32. The lowest BCUT2D eigenvalue weighted by molar-refractivity contribution is -0.116. The zero-order chi connectivity index (χ0) is 21.7. The summed E-state index contributed by atoms with van der Waals surface area (Å²) >= 11 is 2.99. The van der Waals surface area contributed by atoms with E-state index in [0.29, 0.717) is 6.54 Å². The predicted octanol–water partition coefficient (Wildman–Crippen LogP) is 5.52. The number of hydrogen-bond acceptors (Lipinski definition) is 5. The first kappa shape index (κ1) is 22.7. The van der Waals surface area contributed by atoms with Crippen LogP contribution in [0, 0.1) is 19.7 Å². The van der Waals surface area contributed by atoms with Crippen LogP contribution in [0.3, 0.4) is 0 Å². The number of aryl methyl sites for hydroxylation is 2. The van der Waals surface area contributed by atoms with E-state index < -0.39 is 0 Å². The Morgan fingerprint density at radius 2 is 1.77 bits per heavy atom. The third-order valence-electron chi connectivity index (χ3n) is 5.32. The van der Waals surface area contributed by atoms with Gasteiger partial charge in [0.25, 0.3) is 0 Å². The highest BCUT2D eigenvalue weighted by molar-refractivity contribution is 8.00. The fraction of sp³-hybridized carbons (Fsp3) is 0.391. The number of amides is 1. The van der Waals surface area contributed by atoms with Crippen LogP contribution in [-0.2, 0) is 4.79 Å². The third-order valence-corrected chi connectivity index (χ3v) is 7.36. The minimum absolute atomic E-state index is 0.0184. The molecule has 7 heteroatoms. The fourth-order valence-electron chi connectivity index (χ4n) is 3.19. The number of fused-ring (bicyclic) bond motifs is 1. The normalized spacial score (nSPS) is 11.4. The number of thioether (sulfide) groups is 1. The Balaban J connectivity index is 1.83. The molecule has 0 radical (unpaired) electrons. The van der Waals surface area contributed by atoms with Crippen molar-refractivity contribution in [3.05, 3.63) is 53.3 Å². The van der Waals surface area contributed by atoms with E-state index >= 15 is 0 Å². The molecular weight excluding hydrogens is 417 g/mol. The van der Waals surface area contributed by atoms with Gasteiger partial charge >= 0.3 is 0 Å². The maximum absolute atomic E-state index is 13.2. The summed E-state index contributed by atoms with van der Waals surface area (Å²) in [5.41, 5.74) is 3.33. The van der Waals surface area contributed by atoms with E-state index in [-0.39, 0.29) is 17.5 Å². The van der Waals surface area contributed by atoms with Gasteiger partial charge in [0.15, 0.2) is 5.13 Å². The second kappa shape index (κ2) is 10.4. The number of rotatable bonds is 9. The molecule has 0 aliphatic heterocycles. The van der Waals surface area contributed by atoms with Crippen LogP contribution in [0.25, 0.3) is 10.2 Å². The first-order chi connectivity index (χ1) is 14.4. The van der Waals surface area contributed by atoms with Crippen LogP contribution < -0.4 is 4.90 Å². The van der Waals surface area contributed by atoms with Crippen LogP contribution in [0.15, 0.2) is 41.3 Å². The van der Waals surface area contributed by atoms with E-state index in [1.165, 1.54) is 29.5 Å². The Bertz CT molecular complexity index is 1000. The molecule has 0 N–H and O–H groups in total. The number of halogens is 1. The van der Waals surface area contributed by atoms with E-state index in [1.54, 1.807) is 23.5 Å². The maximum Gasteiger partial charge on any atom is 0.239 e. The van der Waals surface area contributed by atoms with Crippen molar-refractivity contribution < 1.29 is 9.18 Å². The SMILES string of the molecule is CCN(CC)CCN(C(=O)CSc1ccc(F)cc1)c1nc2c(C)c(C)ccc2s1. The molecule has 160 valence electrons. The summed E-state index contributed by atoms with van der Waals surface area (Å²) in [4.78, 5) is 23.0. The highest BCUT2D eigenvalue weighted by Gasteiger charge is 2.21. The van der Waals surface area contributed by atoms with Crippen LogP contribution >= 0.6 is 23.1 Å². The van der Waals surface area contributed by atoms with E-state index in [0.717, 1.165) is 45.4 Å². The molecule has 0 spiro atoms. The molecule has 2 aromatic carbocycles. The van der Waals surface area contributed by atoms with E-state index in [9.17, 15) is 9.18 Å². The van der Waals surface area contributed by atoms with Crippen molar-refractivity contribution in [1.82, 2.24) is 9.88 Å². The summed E-state index contributed by atoms with van der Waals surface area (Å²) in [6, 6.07) is 10.4. The molecule has 1 heterocycles. The van der Waals surface area contributed by atoms with Crippen molar-refractivity contribution in [2.75, 3.05) is 36.8 Å². The van der Waals surface area contributed by atoms with Crippen molar-refractivity contribution in [3.8, 4) is 0 Å². The van der Waals surface area contributed by atoms with Gasteiger partial charge in [0.05, 0.1) is 16.0 Å². The van der Waals surface area contributed by atoms with Crippen molar-refractivity contribution >= 4 is 44.4 Å². The standard InChI is InChI=1S/C23H28FN3OS2/c1-5-26(6-2)13-14-27(21(28)15-29-19-10-8-18(24)9-11-19)23-25-22-17(4)16(3)7-12-20(22)30-23/h7-12H,5-6,13-15H2,1-4H3. The largest absolute Gasteiger partial charge is 0.302 e. The van der Waals surface area contributed by atoms with Crippen LogP contribution in [-0.4, -0.2) is 47.7 Å². The van der Waals surface area contributed by atoms with Crippen LogP contribution in [0.4, 0.5) is 9.52 Å². The van der Waals surface area contributed by atoms with Gasteiger partial charge in [-0.1, -0.05) is 31.3 Å². The first-order valence-corrected chi connectivity index (χ1v) is 12.0. The molecule has 3 rings (SSSR count). The molecule has 0 saturated heterocycles. The molecule has 0 unspecified atom stereocenters. The third kappa shape index (κ3) is 5.39. The van der Waals surface area contributed by atoms with Gasteiger partial charge in [0.1, 0.15) is 5.82 Å². The summed E-state index contributed by atoms with van der Waals surface area (Å²) in [7, 11) is 0. The van der Waals surface area contributed by atoms with Gasteiger partial charge < -0.3 is 4.90 Å². The number of thiazole rings is 1. The molecule has 1 amide bonds. The quantitative estimate of drug-likeness (QED) is 0.407. The number of likely N-dealkylation sites (N-methyl/N-ethyl adjacent to an activating group) is 1. The Labute approximate surface area is 186 Å². The second-order valence-electron chi connectivity index (χ2n) is 7.17. The molecule has 0 atom stereocenters. The van der Waals surface area contributed by atoms with Crippen molar-refractivity contribution in [3.63, 3.8) is 0 Å². The molecule has 1 aromatic heterocycles. The number of nitrogens with zero attached hydrogens (tertiary/aromatic N) is 3. The second-order valence-corrected chi connectivity index (χ2v) is 9.22. The van der Waals surface area contributed by atoms with Gasteiger partial charge in [-0.05, 0) is 68.4 Å². The van der Waals surface area contributed by atoms with E-state index in [2.05, 4.69) is 44.7 Å². The van der Waals surface area contributed by atoms with Gasteiger partial charge in [-0.25, -0.2) is 9.37 Å². The average Bonchev–Trinajstić information content (AvgIpc) is 3.18. The van der Waals surface area contributed by atoms with Crippen LogP contribution in [0.2, 0.25) is 0 Å². The van der Waals surface area contributed by atoms with Gasteiger partial charge in [-0.15, -0.1) is 11.8 Å². The van der Waals surface area contributed by atoms with E-state index in [4.69, 9.17) is 4.98 Å². The summed E-state index contributed by atoms with van der Waals surface area (Å²) in [5, 5.41) is 0.746. The molecule has 3 aromatic rings. The monoisotopic (exact) mass is 445 g/mol. The summed E-state index contributed by atoms with van der Waals surface area (Å²) in [5.74, 6) is 0.0363. The zero-order valence-electron chi connectivity index (χ0n) is 17.9. The molecule has 0 saturated carbocycles. The van der Waals surface area contributed by atoms with Gasteiger partial charge in [0, 0.05) is 18.0 Å². The topological polar surface area (TPSA) is 36.4 Å². The summed E-state index contributed by atoms with van der Waals surface area (Å²) < 4.78 is 14.2. The number of carbonyl (C=O) groups excluding carboxylic acids is 1.